The van der Waals surface area contributed by atoms with Crippen LogP contribution in [-0.4, -0.2) is 24.7 Å². The molecule has 1 atom stereocenters. The van der Waals surface area contributed by atoms with Gasteiger partial charge >= 0.3 is 0 Å². The number of aromatic nitrogens is 1. The zero-order valence-electron chi connectivity index (χ0n) is 13.0. The van der Waals surface area contributed by atoms with Gasteiger partial charge in [-0.25, -0.2) is 4.98 Å². The van der Waals surface area contributed by atoms with E-state index in [9.17, 15) is 0 Å². The largest absolute Gasteiger partial charge is 0.456 e. The van der Waals surface area contributed by atoms with Crippen LogP contribution in [-0.2, 0) is 17.7 Å². The van der Waals surface area contributed by atoms with E-state index in [0.29, 0.717) is 35.8 Å². The van der Waals surface area contributed by atoms with Gasteiger partial charge in [0.15, 0.2) is 5.58 Å². The highest BCUT2D eigenvalue weighted by Gasteiger charge is 2.19. The number of rotatable bonds is 7. The number of nitrogens with zero attached hydrogens (tertiary/aromatic N) is 1. The van der Waals surface area contributed by atoms with Crippen LogP contribution >= 0.6 is 38.9 Å². The highest BCUT2D eigenvalue weighted by Crippen LogP contribution is 2.36. The van der Waals surface area contributed by atoms with Crippen molar-refractivity contribution < 1.29 is 9.15 Å². The third kappa shape index (κ3) is 3.92. The van der Waals surface area contributed by atoms with E-state index in [2.05, 4.69) is 32.3 Å². The van der Waals surface area contributed by atoms with E-state index in [4.69, 9.17) is 26.5 Å². The molecule has 0 bridgehead atoms. The summed E-state index contributed by atoms with van der Waals surface area (Å²) in [6, 6.07) is 5.72. The van der Waals surface area contributed by atoms with Crippen molar-refractivity contribution in [1.29, 1.82) is 0 Å². The van der Waals surface area contributed by atoms with Crippen molar-refractivity contribution in [2.24, 2.45) is 5.73 Å². The Morgan fingerprint density at radius 1 is 1.54 bits per heavy atom. The van der Waals surface area contributed by atoms with Gasteiger partial charge in [-0.05, 0) is 27.4 Å². The van der Waals surface area contributed by atoms with Crippen molar-refractivity contribution >= 4 is 55.7 Å². The number of hydrogen-bond acceptors (Lipinski definition) is 6. The van der Waals surface area contributed by atoms with Crippen LogP contribution in [0.15, 0.2) is 32.5 Å². The second-order valence-corrected chi connectivity index (χ2v) is 7.57. The monoisotopic (exact) mass is 429 g/mol. The predicted molar refractivity (Wildman–Crippen MR) is 102 cm³/mol. The van der Waals surface area contributed by atoms with Crippen LogP contribution in [0.5, 0.6) is 0 Å². The van der Waals surface area contributed by atoms with Crippen molar-refractivity contribution in [3.63, 3.8) is 0 Å². The third-order valence-corrected chi connectivity index (χ3v) is 5.37. The van der Waals surface area contributed by atoms with E-state index in [1.54, 1.807) is 24.5 Å². The molecular weight excluding hydrogens is 414 g/mol. The van der Waals surface area contributed by atoms with Gasteiger partial charge in [0.1, 0.15) is 16.4 Å². The Hall–Kier alpha value is -1.12. The summed E-state index contributed by atoms with van der Waals surface area (Å²) in [6.07, 6.45) is 0.548. The second-order valence-electron chi connectivity index (χ2n) is 5.36. The molecule has 0 aliphatic heterocycles. The fourth-order valence-corrected chi connectivity index (χ4v) is 3.77. The van der Waals surface area contributed by atoms with Crippen molar-refractivity contribution in [2.45, 2.75) is 19.0 Å². The molecular formula is C16H17BrClN3O2S. The fraction of sp³-hybridized carbons (Fsp3) is 0.312. The van der Waals surface area contributed by atoms with Gasteiger partial charge in [0, 0.05) is 37.1 Å². The molecule has 0 aliphatic carbocycles. The molecule has 3 heterocycles. The first-order valence-corrected chi connectivity index (χ1v) is 9.41. The number of pyridine rings is 1. The van der Waals surface area contributed by atoms with Crippen LogP contribution in [0, 0.1) is 0 Å². The molecule has 3 rings (SSSR count). The molecule has 24 heavy (non-hydrogen) atoms. The Morgan fingerprint density at radius 2 is 2.38 bits per heavy atom. The van der Waals surface area contributed by atoms with Crippen LogP contribution in [0.4, 0.5) is 5.69 Å². The summed E-state index contributed by atoms with van der Waals surface area (Å²) in [6.45, 7) is 1.16. The van der Waals surface area contributed by atoms with Gasteiger partial charge in [0.2, 0.25) is 0 Å². The topological polar surface area (TPSA) is 73.3 Å². The van der Waals surface area contributed by atoms with Gasteiger partial charge < -0.3 is 20.2 Å². The maximum absolute atomic E-state index is 6.17. The molecule has 0 fully saturated rings. The molecule has 3 aromatic heterocycles. The zero-order valence-corrected chi connectivity index (χ0v) is 16.2. The van der Waals surface area contributed by atoms with Crippen LogP contribution < -0.4 is 11.1 Å². The number of furan rings is 1. The molecule has 3 N–H and O–H groups in total. The lowest BCUT2D eigenvalue weighted by atomic mass is 10.2. The van der Waals surface area contributed by atoms with Crippen LogP contribution in [0.2, 0.25) is 5.15 Å². The maximum Gasteiger partial charge on any atom is 0.177 e. The molecule has 5 nitrogen and oxygen atoms in total. The first-order valence-electron chi connectivity index (χ1n) is 7.36. The highest BCUT2D eigenvalue weighted by atomic mass is 79.9. The van der Waals surface area contributed by atoms with Crippen molar-refractivity contribution in [3.05, 3.63) is 43.8 Å². The Bertz CT molecular complexity index is 822. The molecule has 0 saturated heterocycles. The second kappa shape index (κ2) is 7.84. The quantitative estimate of drug-likeness (QED) is 0.542. The number of methoxy groups -OCH3 is 1. The van der Waals surface area contributed by atoms with Gasteiger partial charge in [-0.3, -0.25) is 0 Å². The fourth-order valence-electron chi connectivity index (χ4n) is 2.42. The smallest absolute Gasteiger partial charge is 0.177 e. The van der Waals surface area contributed by atoms with Crippen LogP contribution in [0.3, 0.4) is 0 Å². The first-order chi connectivity index (χ1) is 11.6. The van der Waals surface area contributed by atoms with Crippen LogP contribution in [0.25, 0.3) is 11.1 Å². The molecule has 0 aromatic carbocycles. The van der Waals surface area contributed by atoms with Gasteiger partial charge in [-0.15, -0.1) is 11.3 Å². The zero-order chi connectivity index (χ0) is 17.1. The van der Waals surface area contributed by atoms with E-state index in [-0.39, 0.29) is 6.04 Å². The summed E-state index contributed by atoms with van der Waals surface area (Å²) in [5.41, 5.74) is 8.20. The third-order valence-electron chi connectivity index (χ3n) is 3.48. The lowest BCUT2D eigenvalue weighted by Crippen LogP contribution is -2.27. The van der Waals surface area contributed by atoms with Gasteiger partial charge in [-0.2, -0.15) is 0 Å². The number of fused-ring (bicyclic) bond motifs is 1. The van der Waals surface area contributed by atoms with E-state index < -0.39 is 0 Å². The van der Waals surface area contributed by atoms with E-state index in [1.807, 2.05) is 11.4 Å². The minimum absolute atomic E-state index is 0.148. The van der Waals surface area contributed by atoms with Gasteiger partial charge in [0.05, 0.1) is 16.8 Å². The maximum atomic E-state index is 6.17. The lowest BCUT2D eigenvalue weighted by molar-refractivity contribution is 0.178. The average Bonchev–Trinajstić information content (AvgIpc) is 3.15. The molecule has 0 amide bonds. The molecule has 0 unspecified atom stereocenters. The Labute approximate surface area is 157 Å². The van der Waals surface area contributed by atoms with E-state index in [0.717, 1.165) is 15.9 Å². The Morgan fingerprint density at radius 3 is 3.08 bits per heavy atom. The SMILES string of the molecule is COC[C@H](N)Cc1oc2c(NCc3cccs3)cc(Cl)nc2c1Br. The molecule has 0 radical (unpaired) electrons. The number of hydrogen-bond donors (Lipinski definition) is 2. The minimum Gasteiger partial charge on any atom is -0.456 e. The summed E-state index contributed by atoms with van der Waals surface area (Å²) < 4.78 is 11.9. The molecule has 3 aromatic rings. The number of thiophene rings is 1. The number of nitrogens with one attached hydrogen (secondary N) is 1. The standard InChI is InChI=1S/C16H17BrClN3O2S/c1-22-8-9(19)5-12-14(17)15-16(23-12)11(6-13(18)21-15)20-7-10-3-2-4-24-10/h2-4,6,9H,5,7-8,19H2,1H3,(H,20,21)/t9-/m1/s1. The lowest BCUT2D eigenvalue weighted by Gasteiger charge is -2.08. The predicted octanol–water partition coefficient (Wildman–Crippen LogP) is 4.43. The van der Waals surface area contributed by atoms with Crippen LogP contribution in [0.1, 0.15) is 10.6 Å². The van der Waals surface area contributed by atoms with Crippen molar-refractivity contribution in [2.75, 3.05) is 19.0 Å². The molecule has 8 heteroatoms. The summed E-state index contributed by atoms with van der Waals surface area (Å²) in [5.74, 6) is 0.739. The number of ether oxygens (including phenoxy) is 1. The van der Waals surface area contributed by atoms with Crippen molar-refractivity contribution in [1.82, 2.24) is 4.98 Å². The first kappa shape index (κ1) is 17.7. The summed E-state index contributed by atoms with van der Waals surface area (Å²) in [5, 5.41) is 5.82. The molecule has 128 valence electrons. The molecule has 0 aliphatic rings. The van der Waals surface area contributed by atoms with E-state index >= 15 is 0 Å². The summed E-state index contributed by atoms with van der Waals surface area (Å²) in [4.78, 5) is 5.60. The van der Waals surface area contributed by atoms with E-state index in [1.165, 1.54) is 4.88 Å². The number of nitrogens with two attached hydrogens (primary N) is 1. The number of anilines is 1. The average molecular weight is 431 g/mol. The summed E-state index contributed by atoms with van der Waals surface area (Å²) in [7, 11) is 1.63. The minimum atomic E-state index is -0.148. The Balaban J connectivity index is 1.91. The van der Waals surface area contributed by atoms with Gasteiger partial charge in [0.25, 0.3) is 0 Å². The highest BCUT2D eigenvalue weighted by molar-refractivity contribution is 9.10. The molecule has 0 spiro atoms. The molecule has 0 saturated carbocycles. The Kier molecular flexibility index (Phi) is 5.78. The van der Waals surface area contributed by atoms with Gasteiger partial charge in [-0.1, -0.05) is 17.7 Å². The number of halogens is 2. The van der Waals surface area contributed by atoms with Crippen molar-refractivity contribution in [3.8, 4) is 0 Å². The summed E-state index contributed by atoms with van der Waals surface area (Å²) >= 11 is 11.4. The normalized spacial score (nSPS) is 12.7.